The Kier molecular flexibility index (Phi) is 7.41. The molecule has 1 aromatic heterocycles. The number of carbonyl (C=O) groups excluding carboxylic acids is 3. The molecule has 2 aromatic carbocycles. The van der Waals surface area contributed by atoms with E-state index in [4.69, 9.17) is 9.47 Å². The third kappa shape index (κ3) is 4.74. The first-order valence-electron chi connectivity index (χ1n) is 13.7. The molecule has 3 atom stereocenters. The van der Waals surface area contributed by atoms with E-state index in [9.17, 15) is 19.2 Å². The maximum absolute atomic E-state index is 14.1. The fourth-order valence-electron chi connectivity index (χ4n) is 5.99. The van der Waals surface area contributed by atoms with Crippen molar-refractivity contribution in [3.63, 3.8) is 0 Å². The molecule has 3 aliphatic heterocycles. The van der Waals surface area contributed by atoms with E-state index in [1.165, 1.54) is 28.3 Å². The van der Waals surface area contributed by atoms with Crippen molar-refractivity contribution in [3.05, 3.63) is 68.1 Å². The number of hydrogen-bond donors (Lipinski definition) is 0. The fourth-order valence-corrected chi connectivity index (χ4v) is 8.76. The van der Waals surface area contributed by atoms with E-state index in [-0.39, 0.29) is 29.1 Å². The highest BCUT2D eigenvalue weighted by Crippen LogP contribution is 2.54. The number of thiazole rings is 1. The standard InChI is InChI=1S/C30H31N3O6S2/c1-17-7-10-19(11-8-17)33-27(35)24-23(18-9-12-20(38-2)21(15-18)39-3)26-29(40-25(24)28(33)36)32(30(37)41-26)16-22(34)31-13-5-4-6-14-31/h7-12,15,23-25H,4-6,13-14,16H2,1-3H3/t23-,24?,25?/m1/s1. The van der Waals surface area contributed by atoms with Crippen molar-refractivity contribution in [3.8, 4) is 11.5 Å². The van der Waals surface area contributed by atoms with Crippen LogP contribution in [0.1, 0.15) is 41.2 Å². The molecular formula is C30H31N3O6S2. The minimum Gasteiger partial charge on any atom is -0.493 e. The van der Waals surface area contributed by atoms with Gasteiger partial charge in [-0.3, -0.25) is 23.7 Å². The number of rotatable bonds is 6. The van der Waals surface area contributed by atoms with Gasteiger partial charge in [0.2, 0.25) is 17.7 Å². The number of imide groups is 1. The summed E-state index contributed by atoms with van der Waals surface area (Å²) < 4.78 is 12.5. The molecule has 9 nitrogen and oxygen atoms in total. The van der Waals surface area contributed by atoms with Crippen LogP contribution in [0.3, 0.4) is 0 Å². The van der Waals surface area contributed by atoms with Gasteiger partial charge in [0.25, 0.3) is 0 Å². The lowest BCUT2D eigenvalue weighted by Crippen LogP contribution is -2.39. The molecule has 3 aliphatic rings. The number of thioether (sulfide) groups is 1. The van der Waals surface area contributed by atoms with E-state index in [0.717, 1.165) is 41.7 Å². The number of methoxy groups -OCH3 is 2. The molecule has 11 heteroatoms. The molecule has 3 aromatic rings. The van der Waals surface area contributed by atoms with Gasteiger partial charge in [-0.25, -0.2) is 4.90 Å². The number of likely N-dealkylation sites (tertiary alicyclic amines) is 1. The molecule has 2 saturated heterocycles. The van der Waals surface area contributed by atoms with Gasteiger partial charge in [-0.1, -0.05) is 46.9 Å². The zero-order valence-corrected chi connectivity index (χ0v) is 24.8. The Balaban J connectivity index is 1.46. The van der Waals surface area contributed by atoms with E-state index >= 15 is 0 Å². The summed E-state index contributed by atoms with van der Waals surface area (Å²) in [4.78, 5) is 58.1. The first-order valence-corrected chi connectivity index (χ1v) is 15.4. The van der Waals surface area contributed by atoms with Crippen LogP contribution in [0, 0.1) is 12.8 Å². The highest BCUT2D eigenvalue weighted by molar-refractivity contribution is 8.00. The fraction of sp³-hybridized carbons (Fsp3) is 0.400. The molecule has 2 fully saturated rings. The summed E-state index contributed by atoms with van der Waals surface area (Å²) in [5, 5.41) is -0.168. The zero-order chi connectivity index (χ0) is 28.8. The highest BCUT2D eigenvalue weighted by Gasteiger charge is 2.57. The summed E-state index contributed by atoms with van der Waals surface area (Å²) >= 11 is 2.27. The molecule has 6 rings (SSSR count). The molecule has 2 unspecified atom stereocenters. The SMILES string of the molecule is COc1ccc([C@H]2c3sc(=O)n(CC(=O)N4CCCCC4)c3SC3C(=O)N(c4ccc(C)cc4)C(=O)C32)cc1OC. The normalized spacial score (nSPS) is 22.0. The van der Waals surface area contributed by atoms with Crippen LogP contribution in [0.4, 0.5) is 5.69 Å². The number of carbonyl (C=O) groups is 3. The number of hydrogen-bond acceptors (Lipinski definition) is 8. The molecule has 0 saturated carbocycles. The zero-order valence-electron chi connectivity index (χ0n) is 23.1. The van der Waals surface area contributed by atoms with Crippen molar-refractivity contribution in [2.24, 2.45) is 5.92 Å². The van der Waals surface area contributed by atoms with Crippen molar-refractivity contribution < 1.29 is 23.9 Å². The highest BCUT2D eigenvalue weighted by atomic mass is 32.2. The molecule has 3 amide bonds. The Morgan fingerprint density at radius 2 is 1.63 bits per heavy atom. The summed E-state index contributed by atoms with van der Waals surface area (Å²) in [6.07, 6.45) is 3.00. The lowest BCUT2D eigenvalue weighted by atomic mass is 9.83. The van der Waals surface area contributed by atoms with E-state index < -0.39 is 17.1 Å². The van der Waals surface area contributed by atoms with E-state index in [2.05, 4.69) is 0 Å². The van der Waals surface area contributed by atoms with Crippen molar-refractivity contribution >= 4 is 46.5 Å². The first-order chi connectivity index (χ1) is 19.8. The quantitative estimate of drug-likeness (QED) is 0.398. The molecule has 0 radical (unpaired) electrons. The van der Waals surface area contributed by atoms with Crippen molar-refractivity contribution in [2.45, 2.75) is 48.9 Å². The summed E-state index contributed by atoms with van der Waals surface area (Å²) in [5.41, 5.74) is 2.28. The lowest BCUT2D eigenvalue weighted by Gasteiger charge is -2.31. The van der Waals surface area contributed by atoms with Gasteiger partial charge in [0.05, 0.1) is 30.9 Å². The Labute approximate surface area is 246 Å². The third-order valence-electron chi connectivity index (χ3n) is 8.11. The van der Waals surface area contributed by atoms with Crippen LogP contribution in [0.25, 0.3) is 0 Å². The number of piperidine rings is 1. The van der Waals surface area contributed by atoms with Crippen LogP contribution in [0.5, 0.6) is 11.5 Å². The molecule has 214 valence electrons. The minimum atomic E-state index is -0.750. The lowest BCUT2D eigenvalue weighted by molar-refractivity contribution is -0.133. The molecule has 0 N–H and O–H groups in total. The maximum atomic E-state index is 14.1. The summed E-state index contributed by atoms with van der Waals surface area (Å²) in [6, 6.07) is 12.7. The third-order valence-corrected chi connectivity index (χ3v) is 10.7. The van der Waals surface area contributed by atoms with Crippen LogP contribution in [0.15, 0.2) is 52.3 Å². The number of aromatic nitrogens is 1. The number of aryl methyl sites for hydroxylation is 1. The van der Waals surface area contributed by atoms with E-state index in [1.54, 1.807) is 31.4 Å². The van der Waals surface area contributed by atoms with Gasteiger partial charge in [0.15, 0.2) is 11.5 Å². The van der Waals surface area contributed by atoms with Gasteiger partial charge < -0.3 is 14.4 Å². The van der Waals surface area contributed by atoms with Gasteiger partial charge in [0, 0.05) is 23.9 Å². The predicted molar refractivity (Wildman–Crippen MR) is 157 cm³/mol. The summed E-state index contributed by atoms with van der Waals surface area (Å²) in [7, 11) is 3.09. The van der Waals surface area contributed by atoms with Crippen LogP contribution in [-0.4, -0.2) is 59.7 Å². The molecule has 0 aliphatic carbocycles. The van der Waals surface area contributed by atoms with Gasteiger partial charge >= 0.3 is 4.87 Å². The van der Waals surface area contributed by atoms with Crippen LogP contribution in [-0.2, 0) is 20.9 Å². The van der Waals surface area contributed by atoms with Gasteiger partial charge in [-0.2, -0.15) is 0 Å². The topological polar surface area (TPSA) is 98.1 Å². The number of anilines is 1. The molecular weight excluding hydrogens is 562 g/mol. The Hall–Kier alpha value is -3.57. The van der Waals surface area contributed by atoms with Crippen LogP contribution >= 0.6 is 23.1 Å². The number of benzene rings is 2. The van der Waals surface area contributed by atoms with E-state index in [1.807, 2.05) is 30.0 Å². The van der Waals surface area contributed by atoms with Crippen LogP contribution in [0.2, 0.25) is 0 Å². The Bertz CT molecular complexity index is 1570. The number of amides is 3. The van der Waals surface area contributed by atoms with E-state index in [0.29, 0.717) is 40.2 Å². The van der Waals surface area contributed by atoms with Gasteiger partial charge in [-0.05, 0) is 56.0 Å². The van der Waals surface area contributed by atoms with Crippen molar-refractivity contribution in [1.29, 1.82) is 0 Å². The van der Waals surface area contributed by atoms with Crippen molar-refractivity contribution in [1.82, 2.24) is 9.47 Å². The first kappa shape index (κ1) is 27.6. The number of ether oxygens (including phenoxy) is 2. The average molecular weight is 594 g/mol. The molecule has 0 bridgehead atoms. The number of fused-ring (bicyclic) bond motifs is 2. The maximum Gasteiger partial charge on any atom is 0.308 e. The monoisotopic (exact) mass is 593 g/mol. The summed E-state index contributed by atoms with van der Waals surface area (Å²) in [6.45, 7) is 3.23. The second-order valence-corrected chi connectivity index (χ2v) is 12.7. The molecule has 4 heterocycles. The molecule has 0 spiro atoms. The second-order valence-electron chi connectivity index (χ2n) is 10.6. The Morgan fingerprint density at radius 1 is 0.927 bits per heavy atom. The van der Waals surface area contributed by atoms with Gasteiger partial charge in [0.1, 0.15) is 11.8 Å². The summed E-state index contributed by atoms with van der Waals surface area (Å²) in [5.74, 6) is -1.02. The largest absolute Gasteiger partial charge is 0.493 e. The second kappa shape index (κ2) is 11.0. The molecule has 41 heavy (non-hydrogen) atoms. The van der Waals surface area contributed by atoms with Gasteiger partial charge in [-0.15, -0.1) is 0 Å². The van der Waals surface area contributed by atoms with Crippen LogP contribution < -0.4 is 19.2 Å². The van der Waals surface area contributed by atoms with Crippen molar-refractivity contribution in [2.75, 3.05) is 32.2 Å². The minimum absolute atomic E-state index is 0.0858. The average Bonchev–Trinajstić information content (AvgIpc) is 3.43. The smallest absolute Gasteiger partial charge is 0.308 e. The predicted octanol–water partition coefficient (Wildman–Crippen LogP) is 4.04. The number of nitrogens with zero attached hydrogens (tertiary/aromatic N) is 3. The Morgan fingerprint density at radius 3 is 2.32 bits per heavy atom.